The van der Waals surface area contributed by atoms with E-state index in [-0.39, 0.29) is 21.9 Å². The molecule has 3 aromatic carbocycles. The zero-order chi connectivity index (χ0) is 26.1. The van der Waals surface area contributed by atoms with Crippen LogP contribution in [-0.2, 0) is 0 Å². The van der Waals surface area contributed by atoms with Crippen molar-refractivity contribution in [3.05, 3.63) is 53.3 Å². The zero-order valence-corrected chi connectivity index (χ0v) is 22.2. The summed E-state index contributed by atoms with van der Waals surface area (Å²) in [5.74, 6) is 1.99. The van der Waals surface area contributed by atoms with E-state index >= 15 is 4.39 Å². The molecule has 0 amide bonds. The molecule has 4 aromatic rings. The highest BCUT2D eigenvalue weighted by Crippen LogP contribution is 2.43. The van der Waals surface area contributed by atoms with Crippen molar-refractivity contribution in [2.24, 2.45) is 11.8 Å². The highest BCUT2D eigenvalue weighted by atomic mass is 35.5. The number of nitrogens with one attached hydrogen (secondary N) is 1. The van der Waals surface area contributed by atoms with Crippen LogP contribution in [0.4, 0.5) is 16.2 Å². The summed E-state index contributed by atoms with van der Waals surface area (Å²) in [6.45, 7) is 5.34. The summed E-state index contributed by atoms with van der Waals surface area (Å²) in [7, 11) is 4.14. The van der Waals surface area contributed by atoms with Gasteiger partial charge in [0.15, 0.2) is 5.82 Å². The number of benzene rings is 3. The van der Waals surface area contributed by atoms with Crippen LogP contribution < -0.4 is 15.1 Å². The smallest absolute Gasteiger partial charge is 0.228 e. The van der Waals surface area contributed by atoms with E-state index in [2.05, 4.69) is 34.1 Å². The van der Waals surface area contributed by atoms with E-state index in [9.17, 15) is 5.11 Å². The van der Waals surface area contributed by atoms with Crippen molar-refractivity contribution in [3.8, 4) is 16.9 Å². The quantitative estimate of drug-likeness (QED) is 0.405. The van der Waals surface area contributed by atoms with E-state index in [4.69, 9.17) is 21.6 Å². The molecular weight excluding hydrogens is 503 g/mol. The lowest BCUT2D eigenvalue weighted by atomic mass is 9.96. The number of phenols is 1. The fraction of sp³-hybridized carbons (Fsp3) is 0.379. The first-order valence-corrected chi connectivity index (χ1v) is 13.5. The van der Waals surface area contributed by atoms with Gasteiger partial charge in [-0.1, -0.05) is 35.9 Å². The van der Waals surface area contributed by atoms with Gasteiger partial charge in [0.2, 0.25) is 5.95 Å². The van der Waals surface area contributed by atoms with Crippen molar-refractivity contribution in [2.75, 3.05) is 63.2 Å². The van der Waals surface area contributed by atoms with Crippen LogP contribution in [0.15, 0.2) is 42.5 Å². The lowest BCUT2D eigenvalue weighted by molar-refractivity contribution is 0.245. The number of rotatable bonds is 4. The molecule has 4 heterocycles. The SMILES string of the molecule is CN(C)C1CN(c2nc(N3C[C@@H]4CNC[C@H]4C3)c3cc(Cl)c(-c4cc(O)cc5ccccc45)c(F)c3n2)C1. The van der Waals surface area contributed by atoms with Crippen molar-refractivity contribution >= 4 is 45.0 Å². The molecule has 2 atom stereocenters. The first-order chi connectivity index (χ1) is 18.4. The van der Waals surface area contributed by atoms with Gasteiger partial charge in [-0.3, -0.25) is 0 Å². The molecule has 38 heavy (non-hydrogen) atoms. The average molecular weight is 533 g/mol. The number of aromatic hydroxyl groups is 1. The molecule has 2 N–H and O–H groups in total. The number of halogens is 2. The van der Waals surface area contributed by atoms with Gasteiger partial charge < -0.3 is 25.1 Å². The molecule has 0 spiro atoms. The van der Waals surface area contributed by atoms with E-state index in [0.29, 0.717) is 34.8 Å². The third-order valence-electron chi connectivity index (χ3n) is 8.53. The minimum atomic E-state index is -0.487. The minimum Gasteiger partial charge on any atom is -0.508 e. The van der Waals surface area contributed by atoms with Gasteiger partial charge in [0, 0.05) is 56.3 Å². The van der Waals surface area contributed by atoms with Crippen molar-refractivity contribution in [3.63, 3.8) is 0 Å². The lowest BCUT2D eigenvalue weighted by Gasteiger charge is -2.43. The third kappa shape index (κ3) is 3.77. The van der Waals surface area contributed by atoms with Crippen molar-refractivity contribution in [2.45, 2.75) is 6.04 Å². The van der Waals surface area contributed by atoms with E-state index in [1.54, 1.807) is 18.2 Å². The fourth-order valence-corrected chi connectivity index (χ4v) is 6.57. The molecule has 0 unspecified atom stereocenters. The Morgan fingerprint density at radius 3 is 2.45 bits per heavy atom. The normalized spacial score (nSPS) is 21.6. The van der Waals surface area contributed by atoms with Crippen LogP contribution >= 0.6 is 11.6 Å². The van der Waals surface area contributed by atoms with E-state index in [1.807, 2.05) is 24.3 Å². The number of anilines is 2. The third-order valence-corrected chi connectivity index (χ3v) is 8.83. The van der Waals surface area contributed by atoms with Crippen LogP contribution in [0.2, 0.25) is 5.02 Å². The first-order valence-electron chi connectivity index (χ1n) is 13.2. The second-order valence-electron chi connectivity index (χ2n) is 11.1. The van der Waals surface area contributed by atoms with Gasteiger partial charge in [-0.2, -0.15) is 4.98 Å². The number of fused-ring (bicyclic) bond motifs is 3. The Morgan fingerprint density at radius 1 is 0.974 bits per heavy atom. The Morgan fingerprint density at radius 2 is 1.71 bits per heavy atom. The van der Waals surface area contributed by atoms with Crippen LogP contribution in [0.5, 0.6) is 5.75 Å². The Bertz CT molecular complexity index is 1560. The van der Waals surface area contributed by atoms with E-state index in [1.165, 1.54) is 0 Å². The fourth-order valence-electron chi connectivity index (χ4n) is 6.27. The predicted molar refractivity (Wildman–Crippen MR) is 151 cm³/mol. The summed E-state index contributed by atoms with van der Waals surface area (Å²) in [6.07, 6.45) is 0. The van der Waals surface area contributed by atoms with Crippen LogP contribution in [0.25, 0.3) is 32.8 Å². The Kier molecular flexibility index (Phi) is 5.61. The van der Waals surface area contributed by atoms with Gasteiger partial charge in [0.05, 0.1) is 5.02 Å². The number of hydrogen-bond donors (Lipinski definition) is 2. The highest BCUT2D eigenvalue weighted by Gasteiger charge is 2.38. The van der Waals surface area contributed by atoms with Crippen LogP contribution in [-0.4, -0.2) is 79.4 Å². The summed E-state index contributed by atoms with van der Waals surface area (Å²) in [6, 6.07) is 13.1. The number of nitrogens with zero attached hydrogens (tertiary/aromatic N) is 5. The van der Waals surface area contributed by atoms with Gasteiger partial charge >= 0.3 is 0 Å². The van der Waals surface area contributed by atoms with Crippen LogP contribution in [0.1, 0.15) is 0 Å². The molecule has 1 aromatic heterocycles. The maximum Gasteiger partial charge on any atom is 0.228 e. The van der Waals surface area contributed by atoms with Gasteiger partial charge in [-0.25, -0.2) is 9.37 Å². The summed E-state index contributed by atoms with van der Waals surface area (Å²) in [5, 5.41) is 16.5. The van der Waals surface area contributed by atoms with Gasteiger partial charge in [0.1, 0.15) is 17.1 Å². The molecule has 3 saturated heterocycles. The maximum atomic E-state index is 16.6. The minimum absolute atomic E-state index is 0.0610. The largest absolute Gasteiger partial charge is 0.508 e. The summed E-state index contributed by atoms with van der Waals surface area (Å²) < 4.78 is 16.6. The van der Waals surface area contributed by atoms with Gasteiger partial charge in [-0.15, -0.1) is 0 Å². The van der Waals surface area contributed by atoms with Crippen molar-refractivity contribution in [1.82, 2.24) is 20.2 Å². The maximum absolute atomic E-state index is 16.6. The molecule has 0 radical (unpaired) electrons. The standard InChI is InChI=1S/C29H30ClFN6O/c1-35(2)19-14-37(15-19)29-33-27-23(28(34-29)36-12-17-10-32-11-18(17)13-36)9-24(30)25(26(27)31)22-8-20(38)7-16-5-3-4-6-21(16)22/h3-9,17-19,32,38H,10-15H2,1-2H3/t17-,18-/m0/s1. The van der Waals surface area contributed by atoms with E-state index in [0.717, 1.165) is 55.9 Å². The van der Waals surface area contributed by atoms with Gasteiger partial charge in [-0.05, 0) is 60.5 Å². The Balaban J connectivity index is 1.42. The molecule has 3 fully saturated rings. The molecule has 3 aliphatic rings. The molecule has 7 nitrogen and oxygen atoms in total. The second kappa shape index (κ2) is 8.93. The molecule has 196 valence electrons. The van der Waals surface area contributed by atoms with Crippen molar-refractivity contribution in [1.29, 1.82) is 0 Å². The first kappa shape index (κ1) is 23.9. The zero-order valence-electron chi connectivity index (χ0n) is 21.5. The molecule has 9 heteroatoms. The predicted octanol–water partition coefficient (Wildman–Crippen LogP) is 4.35. The molecular formula is C29H30ClFN6O. The molecule has 0 saturated carbocycles. The van der Waals surface area contributed by atoms with Gasteiger partial charge in [0.25, 0.3) is 0 Å². The summed E-state index contributed by atoms with van der Waals surface area (Å²) >= 11 is 6.84. The number of phenolic OH excluding ortho intramolecular Hbond substituents is 1. The Hall–Kier alpha value is -3.20. The van der Waals surface area contributed by atoms with Crippen LogP contribution in [0, 0.1) is 17.7 Å². The Labute approximate surface area is 225 Å². The monoisotopic (exact) mass is 532 g/mol. The summed E-state index contributed by atoms with van der Waals surface area (Å²) in [5.41, 5.74) is 1.06. The highest BCUT2D eigenvalue weighted by molar-refractivity contribution is 6.35. The molecule has 0 aliphatic carbocycles. The number of likely N-dealkylation sites (N-methyl/N-ethyl adjacent to an activating group) is 1. The molecule has 7 rings (SSSR count). The van der Waals surface area contributed by atoms with E-state index < -0.39 is 5.82 Å². The average Bonchev–Trinajstić information content (AvgIpc) is 3.45. The van der Waals surface area contributed by atoms with Crippen LogP contribution in [0.3, 0.4) is 0 Å². The number of hydrogen-bond acceptors (Lipinski definition) is 7. The number of aromatic nitrogens is 2. The molecule has 3 aliphatic heterocycles. The second-order valence-corrected chi connectivity index (χ2v) is 11.5. The van der Waals surface area contributed by atoms with Crippen molar-refractivity contribution < 1.29 is 9.50 Å². The topological polar surface area (TPSA) is 67.8 Å². The molecule has 0 bridgehead atoms. The lowest BCUT2D eigenvalue weighted by Crippen LogP contribution is -2.58. The summed E-state index contributed by atoms with van der Waals surface area (Å²) in [4.78, 5) is 16.4.